The third-order valence-electron chi connectivity index (χ3n) is 3.76. The molecule has 0 radical (unpaired) electrons. The Morgan fingerprint density at radius 3 is 2.90 bits per heavy atom. The molecule has 21 heavy (non-hydrogen) atoms. The zero-order valence-corrected chi connectivity index (χ0v) is 11.8. The van der Waals surface area contributed by atoms with E-state index >= 15 is 0 Å². The Labute approximate surface area is 122 Å². The Kier molecular flexibility index (Phi) is 4.74. The minimum atomic E-state index is -1.20. The Morgan fingerprint density at radius 2 is 2.29 bits per heavy atom. The second-order valence-corrected chi connectivity index (χ2v) is 5.19. The second kappa shape index (κ2) is 6.53. The van der Waals surface area contributed by atoms with Gasteiger partial charge in [-0.15, -0.1) is 0 Å². The number of carboxylic acid groups (broad SMARTS) is 1. The van der Waals surface area contributed by atoms with E-state index in [0.717, 1.165) is 31.9 Å². The topological polar surface area (TPSA) is 92.9 Å². The highest BCUT2D eigenvalue weighted by Crippen LogP contribution is 2.29. The van der Waals surface area contributed by atoms with E-state index in [0.29, 0.717) is 6.61 Å². The Balaban J connectivity index is 2.11. The number of nitro groups is 1. The molecular weight excluding hydrogens is 276 g/mol. The predicted octanol–water partition coefficient (Wildman–Crippen LogP) is 2.16. The average Bonchev–Trinajstić information content (AvgIpc) is 2.46. The van der Waals surface area contributed by atoms with Gasteiger partial charge in [-0.05, 0) is 38.6 Å². The normalized spacial score (nSPS) is 19.2. The summed E-state index contributed by atoms with van der Waals surface area (Å²) in [5, 5.41) is 19.9. The maximum absolute atomic E-state index is 11.0. The molecule has 1 aromatic rings. The van der Waals surface area contributed by atoms with Crippen molar-refractivity contribution in [3.8, 4) is 5.75 Å². The summed E-state index contributed by atoms with van der Waals surface area (Å²) < 4.78 is 5.57. The van der Waals surface area contributed by atoms with Crippen molar-refractivity contribution < 1.29 is 19.6 Å². The molecule has 0 bridgehead atoms. The number of nitro benzene ring substituents is 1. The number of piperidine rings is 1. The molecule has 7 nitrogen and oxygen atoms in total. The quantitative estimate of drug-likeness (QED) is 0.660. The van der Waals surface area contributed by atoms with Gasteiger partial charge in [0.25, 0.3) is 0 Å². The van der Waals surface area contributed by atoms with Crippen molar-refractivity contribution in [2.75, 3.05) is 20.2 Å². The summed E-state index contributed by atoms with van der Waals surface area (Å²) in [6.07, 6.45) is 3.27. The van der Waals surface area contributed by atoms with Crippen molar-refractivity contribution in [2.24, 2.45) is 0 Å². The number of likely N-dealkylation sites (tertiary alicyclic amines) is 1. The monoisotopic (exact) mass is 294 g/mol. The summed E-state index contributed by atoms with van der Waals surface area (Å²) in [5.74, 6) is -1.08. The summed E-state index contributed by atoms with van der Waals surface area (Å²) in [6.45, 7) is 1.36. The molecule has 1 fully saturated rings. The van der Waals surface area contributed by atoms with E-state index in [2.05, 4.69) is 4.90 Å². The third-order valence-corrected chi connectivity index (χ3v) is 3.76. The maximum Gasteiger partial charge on any atom is 0.335 e. The van der Waals surface area contributed by atoms with Gasteiger partial charge >= 0.3 is 11.7 Å². The van der Waals surface area contributed by atoms with E-state index in [9.17, 15) is 14.9 Å². The number of hydrogen-bond donors (Lipinski definition) is 1. The van der Waals surface area contributed by atoms with E-state index in [1.165, 1.54) is 12.1 Å². The van der Waals surface area contributed by atoms with E-state index in [-0.39, 0.29) is 23.0 Å². The van der Waals surface area contributed by atoms with Crippen LogP contribution in [-0.2, 0) is 0 Å². The zero-order valence-electron chi connectivity index (χ0n) is 11.8. The molecule has 1 N–H and O–H groups in total. The van der Waals surface area contributed by atoms with Gasteiger partial charge in [-0.3, -0.25) is 10.1 Å². The molecule has 7 heteroatoms. The lowest BCUT2D eigenvalue weighted by molar-refractivity contribution is -0.385. The number of rotatable bonds is 5. The summed E-state index contributed by atoms with van der Waals surface area (Å²) in [6, 6.07) is 3.93. The number of likely N-dealkylation sites (N-methyl/N-ethyl adjacent to an activating group) is 1. The number of benzene rings is 1. The number of nitrogens with zero attached hydrogens (tertiary/aromatic N) is 2. The smallest absolute Gasteiger partial charge is 0.335 e. The molecule has 1 aliphatic rings. The first kappa shape index (κ1) is 15.2. The molecule has 1 saturated heterocycles. The molecule has 2 rings (SSSR count). The minimum absolute atomic E-state index is 0.115. The van der Waals surface area contributed by atoms with Crippen molar-refractivity contribution >= 4 is 11.7 Å². The van der Waals surface area contributed by atoms with Crippen molar-refractivity contribution in [2.45, 2.75) is 25.3 Å². The molecule has 0 spiro atoms. The standard InChI is InChI=1S/C14H18N2O5/c1-15-7-3-2-4-11(15)9-21-13-6-5-10(14(17)18)8-12(13)16(19)20/h5-6,8,11H,2-4,7,9H2,1H3,(H,17,18). The number of hydrogen-bond acceptors (Lipinski definition) is 5. The first-order valence-corrected chi connectivity index (χ1v) is 6.84. The van der Waals surface area contributed by atoms with Crippen LogP contribution in [0.5, 0.6) is 5.75 Å². The van der Waals surface area contributed by atoms with Crippen molar-refractivity contribution in [1.82, 2.24) is 4.90 Å². The molecule has 1 unspecified atom stereocenters. The lowest BCUT2D eigenvalue weighted by Gasteiger charge is -2.32. The van der Waals surface area contributed by atoms with Crippen LogP contribution in [0.2, 0.25) is 0 Å². The van der Waals surface area contributed by atoms with Crippen LogP contribution >= 0.6 is 0 Å². The molecule has 0 saturated carbocycles. The molecule has 1 heterocycles. The van der Waals surface area contributed by atoms with Gasteiger partial charge in [0.1, 0.15) is 6.61 Å². The first-order chi connectivity index (χ1) is 9.99. The lowest BCUT2D eigenvalue weighted by atomic mass is 10.0. The SMILES string of the molecule is CN1CCCCC1COc1ccc(C(=O)O)cc1[N+](=O)[O-]. The van der Waals surface area contributed by atoms with Crippen molar-refractivity contribution in [1.29, 1.82) is 0 Å². The Hall–Kier alpha value is -2.15. The molecular formula is C14H18N2O5. The fraction of sp³-hybridized carbons (Fsp3) is 0.500. The summed E-state index contributed by atoms with van der Waals surface area (Å²) in [7, 11) is 2.01. The van der Waals surface area contributed by atoms with Gasteiger partial charge in [0, 0.05) is 12.1 Å². The molecule has 0 aromatic heterocycles. The number of ether oxygens (including phenoxy) is 1. The zero-order chi connectivity index (χ0) is 15.4. The van der Waals surface area contributed by atoms with Crippen molar-refractivity contribution in [3.05, 3.63) is 33.9 Å². The van der Waals surface area contributed by atoms with Crippen LogP contribution in [0.1, 0.15) is 29.6 Å². The van der Waals surface area contributed by atoms with Gasteiger partial charge in [-0.25, -0.2) is 4.79 Å². The Bertz CT molecular complexity index is 546. The van der Waals surface area contributed by atoms with Crippen LogP contribution in [0, 0.1) is 10.1 Å². The molecule has 1 atom stereocenters. The van der Waals surface area contributed by atoms with Gasteiger partial charge in [-0.2, -0.15) is 0 Å². The predicted molar refractivity (Wildman–Crippen MR) is 75.8 cm³/mol. The van der Waals surface area contributed by atoms with E-state index in [1.807, 2.05) is 7.05 Å². The highest BCUT2D eigenvalue weighted by Gasteiger charge is 2.23. The lowest BCUT2D eigenvalue weighted by Crippen LogP contribution is -2.40. The van der Waals surface area contributed by atoms with Crippen LogP contribution in [0.15, 0.2) is 18.2 Å². The Morgan fingerprint density at radius 1 is 1.52 bits per heavy atom. The van der Waals surface area contributed by atoms with Crippen LogP contribution in [0.3, 0.4) is 0 Å². The van der Waals surface area contributed by atoms with Crippen LogP contribution in [0.25, 0.3) is 0 Å². The van der Waals surface area contributed by atoms with Gasteiger partial charge in [0.2, 0.25) is 0 Å². The third kappa shape index (κ3) is 3.69. The minimum Gasteiger partial charge on any atom is -0.485 e. The number of aromatic carboxylic acids is 1. The van der Waals surface area contributed by atoms with Crippen LogP contribution in [-0.4, -0.2) is 47.1 Å². The molecule has 114 valence electrons. The fourth-order valence-corrected chi connectivity index (χ4v) is 2.46. The van der Waals surface area contributed by atoms with Crippen LogP contribution in [0.4, 0.5) is 5.69 Å². The molecule has 1 aromatic carbocycles. The van der Waals surface area contributed by atoms with E-state index in [1.54, 1.807) is 0 Å². The summed E-state index contributed by atoms with van der Waals surface area (Å²) >= 11 is 0. The maximum atomic E-state index is 11.0. The van der Waals surface area contributed by atoms with E-state index in [4.69, 9.17) is 9.84 Å². The second-order valence-electron chi connectivity index (χ2n) is 5.19. The van der Waals surface area contributed by atoms with Gasteiger partial charge in [-0.1, -0.05) is 6.42 Å². The number of carbonyl (C=O) groups is 1. The fourth-order valence-electron chi connectivity index (χ4n) is 2.46. The number of carboxylic acids is 1. The molecule has 0 amide bonds. The first-order valence-electron chi connectivity index (χ1n) is 6.84. The van der Waals surface area contributed by atoms with Crippen LogP contribution < -0.4 is 4.74 Å². The van der Waals surface area contributed by atoms with Gasteiger partial charge in [0.05, 0.1) is 10.5 Å². The highest BCUT2D eigenvalue weighted by atomic mass is 16.6. The average molecular weight is 294 g/mol. The highest BCUT2D eigenvalue weighted by molar-refractivity contribution is 5.88. The van der Waals surface area contributed by atoms with Gasteiger partial charge < -0.3 is 14.7 Å². The largest absolute Gasteiger partial charge is 0.485 e. The molecule has 1 aliphatic heterocycles. The van der Waals surface area contributed by atoms with Crippen molar-refractivity contribution in [3.63, 3.8) is 0 Å². The van der Waals surface area contributed by atoms with E-state index < -0.39 is 10.9 Å². The summed E-state index contributed by atoms with van der Waals surface area (Å²) in [4.78, 5) is 23.5. The summed E-state index contributed by atoms with van der Waals surface area (Å²) in [5.41, 5.74) is -0.433. The molecule has 0 aliphatic carbocycles. The van der Waals surface area contributed by atoms with Gasteiger partial charge in [0.15, 0.2) is 5.75 Å².